The maximum absolute atomic E-state index is 13.1. The molecule has 0 saturated carbocycles. The highest BCUT2D eigenvalue weighted by Crippen LogP contribution is 2.30. The number of nitrogens with zero attached hydrogens (tertiary/aromatic N) is 4. The molecule has 3 fully saturated rings. The van der Waals surface area contributed by atoms with E-state index in [2.05, 4.69) is 50.7 Å². The molecular weight excluding hydrogens is 328 g/mol. The second-order valence-electron chi connectivity index (χ2n) is 8.09. The Morgan fingerprint density at radius 2 is 2.15 bits per heavy atom. The summed E-state index contributed by atoms with van der Waals surface area (Å²) >= 11 is 0. The number of amides is 1. The van der Waals surface area contributed by atoms with Crippen molar-refractivity contribution in [1.82, 2.24) is 30.0 Å². The lowest BCUT2D eigenvalue weighted by atomic mass is 9.94. The van der Waals surface area contributed by atoms with Gasteiger partial charge in [0.25, 0.3) is 5.91 Å². The van der Waals surface area contributed by atoms with Crippen LogP contribution in [-0.2, 0) is 6.54 Å². The van der Waals surface area contributed by atoms with E-state index in [9.17, 15) is 4.79 Å². The van der Waals surface area contributed by atoms with Crippen LogP contribution in [-0.4, -0.2) is 61.5 Å². The van der Waals surface area contributed by atoms with Gasteiger partial charge in [-0.3, -0.25) is 14.8 Å². The lowest BCUT2D eigenvalue weighted by Gasteiger charge is -2.35. The molecule has 0 aromatic carbocycles. The molecule has 2 aromatic rings. The minimum atomic E-state index is 0.0700. The molecule has 7 nitrogen and oxygen atoms in total. The topological polar surface area (TPSA) is 80.9 Å². The van der Waals surface area contributed by atoms with Gasteiger partial charge >= 0.3 is 0 Å². The Hall–Kier alpha value is -2.15. The molecule has 0 aliphatic carbocycles. The van der Waals surface area contributed by atoms with E-state index in [1.165, 1.54) is 6.42 Å². The maximum atomic E-state index is 13.1. The third-order valence-electron chi connectivity index (χ3n) is 5.80. The van der Waals surface area contributed by atoms with Crippen molar-refractivity contribution in [2.75, 3.05) is 19.6 Å². The van der Waals surface area contributed by atoms with Gasteiger partial charge < -0.3 is 9.88 Å². The summed E-state index contributed by atoms with van der Waals surface area (Å²) in [5.41, 5.74) is 3.81. The smallest absolute Gasteiger partial charge is 0.274 e. The zero-order valence-electron chi connectivity index (χ0n) is 15.8. The number of hydrogen-bond donors (Lipinski definition) is 2. The van der Waals surface area contributed by atoms with Crippen molar-refractivity contribution in [3.8, 4) is 0 Å². The molecule has 0 unspecified atom stereocenters. The van der Waals surface area contributed by atoms with E-state index >= 15 is 0 Å². The Bertz CT molecular complexity index is 779. The molecule has 5 rings (SSSR count). The second-order valence-corrected chi connectivity index (χ2v) is 8.09. The average molecular weight is 356 g/mol. The van der Waals surface area contributed by atoms with Crippen LogP contribution in [0.25, 0.3) is 0 Å². The molecular formula is C19H28N6O. The number of piperidine rings is 1. The number of imidazole rings is 1. The second kappa shape index (κ2) is 6.87. The Morgan fingerprint density at radius 1 is 1.31 bits per heavy atom. The van der Waals surface area contributed by atoms with E-state index in [1.807, 2.05) is 6.07 Å². The van der Waals surface area contributed by atoms with Gasteiger partial charge in [-0.05, 0) is 37.7 Å². The number of aromatic nitrogens is 4. The molecule has 3 aliphatic heterocycles. The van der Waals surface area contributed by atoms with E-state index < -0.39 is 0 Å². The zero-order chi connectivity index (χ0) is 18.3. The molecule has 3 aliphatic rings. The summed E-state index contributed by atoms with van der Waals surface area (Å²) < 4.78 is 0. The Kier molecular flexibility index (Phi) is 4.56. The number of hydrogen-bond acceptors (Lipinski definition) is 4. The van der Waals surface area contributed by atoms with Crippen LogP contribution in [0.1, 0.15) is 60.2 Å². The number of nitrogens with one attached hydrogen (secondary N) is 2. The lowest BCUT2D eigenvalue weighted by molar-refractivity contribution is 0.0578. The molecule has 0 radical (unpaired) electrons. The first-order chi connectivity index (χ1) is 12.5. The Balaban J connectivity index is 1.49. The van der Waals surface area contributed by atoms with Gasteiger partial charge in [0.2, 0.25) is 0 Å². The molecule has 7 heteroatoms. The van der Waals surface area contributed by atoms with Crippen molar-refractivity contribution >= 4 is 5.91 Å². The summed E-state index contributed by atoms with van der Waals surface area (Å²) in [5.74, 6) is 0.943. The van der Waals surface area contributed by atoms with E-state index in [1.54, 1.807) is 6.33 Å². The van der Waals surface area contributed by atoms with E-state index in [0.29, 0.717) is 17.5 Å². The zero-order valence-corrected chi connectivity index (χ0v) is 15.8. The highest BCUT2D eigenvalue weighted by atomic mass is 16.2. The molecule has 2 aromatic heterocycles. The van der Waals surface area contributed by atoms with Gasteiger partial charge in [-0.1, -0.05) is 13.8 Å². The quantitative estimate of drug-likeness (QED) is 0.881. The average Bonchev–Trinajstić information content (AvgIpc) is 3.16. The van der Waals surface area contributed by atoms with E-state index in [0.717, 1.165) is 49.7 Å². The number of aryl methyl sites for hydroxylation is 1. The largest absolute Gasteiger partial charge is 0.348 e. The van der Waals surface area contributed by atoms with Crippen molar-refractivity contribution in [3.63, 3.8) is 0 Å². The Labute approximate surface area is 154 Å². The molecule has 2 atom stereocenters. The van der Waals surface area contributed by atoms with E-state index in [4.69, 9.17) is 0 Å². The van der Waals surface area contributed by atoms with Crippen LogP contribution in [0, 0.1) is 12.8 Å². The highest BCUT2D eigenvalue weighted by Gasteiger charge is 2.38. The monoisotopic (exact) mass is 356 g/mol. The minimum Gasteiger partial charge on any atom is -0.348 e. The van der Waals surface area contributed by atoms with Gasteiger partial charge in [-0.15, -0.1) is 0 Å². The van der Waals surface area contributed by atoms with Crippen LogP contribution in [0.15, 0.2) is 12.4 Å². The fourth-order valence-corrected chi connectivity index (χ4v) is 4.20. The fourth-order valence-electron chi connectivity index (χ4n) is 4.20. The predicted octanol–water partition coefficient (Wildman–Crippen LogP) is 2.30. The summed E-state index contributed by atoms with van der Waals surface area (Å²) in [4.78, 5) is 25.2. The third-order valence-corrected chi connectivity index (χ3v) is 5.80. The first kappa shape index (κ1) is 17.3. The molecule has 2 bridgehead atoms. The minimum absolute atomic E-state index is 0.0700. The molecule has 0 spiro atoms. The lowest BCUT2D eigenvalue weighted by Crippen LogP contribution is -2.47. The molecule has 140 valence electrons. The van der Waals surface area contributed by atoms with Crippen LogP contribution < -0.4 is 0 Å². The first-order valence-corrected chi connectivity index (χ1v) is 9.58. The van der Waals surface area contributed by atoms with Crippen LogP contribution >= 0.6 is 0 Å². The third kappa shape index (κ3) is 3.28. The number of carbonyl (C=O) groups is 1. The van der Waals surface area contributed by atoms with E-state index in [-0.39, 0.29) is 11.9 Å². The Morgan fingerprint density at radius 3 is 2.85 bits per heavy atom. The normalized spacial score (nSPS) is 23.6. The number of rotatable bonds is 4. The SMILES string of the molecule is Cc1[nH]cnc1CN1C[C@@H]2CC[C@H](C1)N(C(=O)c1cc(C(C)C)[nH]n1)C2. The standard InChI is InChI=1S/C19H28N6O/c1-12(2)16-6-17(23-22-16)19(26)25-8-14-4-5-15(25)9-24(7-14)10-18-13(3)20-11-21-18/h6,11-12,14-15H,4-5,7-10H2,1-3H3,(H,20,21)(H,22,23)/t14-,15+/m0/s1. The molecule has 1 amide bonds. The number of fused-ring (bicyclic) bond motifs is 4. The van der Waals surface area contributed by atoms with Gasteiger partial charge in [-0.2, -0.15) is 5.10 Å². The van der Waals surface area contributed by atoms with Crippen LogP contribution in [0.5, 0.6) is 0 Å². The van der Waals surface area contributed by atoms with Gasteiger partial charge in [-0.25, -0.2) is 4.98 Å². The van der Waals surface area contributed by atoms with Gasteiger partial charge in [0.15, 0.2) is 0 Å². The molecule has 3 saturated heterocycles. The molecule has 5 heterocycles. The van der Waals surface area contributed by atoms with Crippen LogP contribution in [0.3, 0.4) is 0 Å². The maximum Gasteiger partial charge on any atom is 0.274 e. The molecule has 2 N–H and O–H groups in total. The highest BCUT2D eigenvalue weighted by molar-refractivity contribution is 5.92. The fraction of sp³-hybridized carbons (Fsp3) is 0.632. The van der Waals surface area contributed by atoms with Crippen molar-refractivity contribution in [2.45, 2.75) is 52.1 Å². The summed E-state index contributed by atoms with van der Waals surface area (Å²) in [5, 5.41) is 7.28. The van der Waals surface area contributed by atoms with Crippen molar-refractivity contribution in [2.24, 2.45) is 5.92 Å². The summed E-state index contributed by atoms with van der Waals surface area (Å²) in [6, 6.07) is 2.18. The van der Waals surface area contributed by atoms with Crippen molar-refractivity contribution < 1.29 is 4.79 Å². The summed E-state index contributed by atoms with van der Waals surface area (Å²) in [7, 11) is 0. The number of aromatic amines is 2. The predicted molar refractivity (Wildman–Crippen MR) is 98.8 cm³/mol. The number of H-pyrrole nitrogens is 2. The van der Waals surface area contributed by atoms with Gasteiger partial charge in [0.05, 0.1) is 12.0 Å². The van der Waals surface area contributed by atoms with Crippen molar-refractivity contribution in [1.29, 1.82) is 0 Å². The number of carbonyl (C=O) groups excluding carboxylic acids is 1. The first-order valence-electron chi connectivity index (χ1n) is 9.58. The van der Waals surface area contributed by atoms with Gasteiger partial charge in [0, 0.05) is 43.6 Å². The van der Waals surface area contributed by atoms with Crippen LogP contribution in [0.2, 0.25) is 0 Å². The molecule has 26 heavy (non-hydrogen) atoms. The van der Waals surface area contributed by atoms with Crippen LogP contribution in [0.4, 0.5) is 0 Å². The van der Waals surface area contributed by atoms with Gasteiger partial charge in [0.1, 0.15) is 5.69 Å². The van der Waals surface area contributed by atoms with Crippen molar-refractivity contribution in [3.05, 3.63) is 35.2 Å². The summed E-state index contributed by atoms with van der Waals surface area (Å²) in [6.07, 6.45) is 4.03. The summed E-state index contributed by atoms with van der Waals surface area (Å²) in [6.45, 7) is 9.90.